The molecule has 0 radical (unpaired) electrons. The third-order valence-electron chi connectivity index (χ3n) is 4.85. The summed E-state index contributed by atoms with van der Waals surface area (Å²) >= 11 is 1.16. The fraction of sp³-hybridized carbons (Fsp3) is 0.409. The Balaban J connectivity index is 1.38. The van der Waals surface area contributed by atoms with Gasteiger partial charge in [-0.1, -0.05) is 17.7 Å². The van der Waals surface area contributed by atoms with Gasteiger partial charge in [0.2, 0.25) is 11.7 Å². The maximum atomic E-state index is 12.4. The van der Waals surface area contributed by atoms with Crippen molar-refractivity contribution in [2.24, 2.45) is 0 Å². The molecule has 29 heavy (non-hydrogen) atoms. The number of aryl methyl sites for hydroxylation is 2. The van der Waals surface area contributed by atoms with Crippen molar-refractivity contribution in [3.05, 3.63) is 52.8 Å². The second kappa shape index (κ2) is 9.31. The molecule has 7 heteroatoms. The molecule has 1 aliphatic rings. The van der Waals surface area contributed by atoms with E-state index >= 15 is 0 Å². The Labute approximate surface area is 175 Å². The maximum Gasteiger partial charge on any atom is 0.316 e. The molecule has 3 rings (SSSR count). The van der Waals surface area contributed by atoms with Gasteiger partial charge in [-0.05, 0) is 51.8 Å². The first-order valence-corrected chi connectivity index (χ1v) is 10.8. The van der Waals surface area contributed by atoms with Crippen LogP contribution in [0.1, 0.15) is 46.2 Å². The predicted molar refractivity (Wildman–Crippen MR) is 115 cm³/mol. The lowest BCUT2D eigenvalue weighted by Crippen LogP contribution is -2.18. The number of rotatable bonds is 9. The number of carbonyl (C=O) groups is 3. The molecule has 0 spiro atoms. The van der Waals surface area contributed by atoms with E-state index in [4.69, 9.17) is 4.74 Å². The molecule has 1 aliphatic carbocycles. The average molecular weight is 415 g/mol. The second-order valence-electron chi connectivity index (χ2n) is 7.38. The summed E-state index contributed by atoms with van der Waals surface area (Å²) in [6.07, 6.45) is 2.29. The van der Waals surface area contributed by atoms with Gasteiger partial charge in [0.25, 0.3) is 0 Å². The number of thioether (sulfide) groups is 1. The van der Waals surface area contributed by atoms with Crippen molar-refractivity contribution < 1.29 is 19.1 Å². The van der Waals surface area contributed by atoms with Gasteiger partial charge in [0.1, 0.15) is 0 Å². The molecule has 1 fully saturated rings. The number of anilines is 1. The van der Waals surface area contributed by atoms with Gasteiger partial charge in [0.05, 0.1) is 11.5 Å². The number of benzene rings is 1. The zero-order valence-corrected chi connectivity index (χ0v) is 17.8. The van der Waals surface area contributed by atoms with E-state index < -0.39 is 5.97 Å². The summed E-state index contributed by atoms with van der Waals surface area (Å²) in [7, 11) is 0. The lowest BCUT2D eigenvalue weighted by atomic mass is 10.1. The maximum absolute atomic E-state index is 12.4. The Morgan fingerprint density at radius 1 is 1.10 bits per heavy atom. The normalized spacial score (nSPS) is 13.2. The van der Waals surface area contributed by atoms with Crippen molar-refractivity contribution in [2.75, 3.05) is 23.4 Å². The molecule has 1 saturated carbocycles. The number of nitrogens with one attached hydrogen (secondary N) is 1. The number of aromatic nitrogens is 1. The SMILES string of the molecule is Cc1ccc(NC(=O)CSCC(=O)OCC(=O)c2cc(C)n(C3CC3)c2C)cc1. The van der Waals surface area contributed by atoms with E-state index in [1.807, 2.05) is 51.1 Å². The Kier molecular flexibility index (Phi) is 6.79. The number of ether oxygens (including phenoxy) is 1. The Bertz CT molecular complexity index is 914. The molecule has 1 N–H and O–H groups in total. The van der Waals surface area contributed by atoms with E-state index in [1.54, 1.807) is 0 Å². The minimum atomic E-state index is -0.498. The number of hydrogen-bond donors (Lipinski definition) is 1. The quantitative estimate of drug-likeness (QED) is 0.498. The van der Waals surface area contributed by atoms with Gasteiger partial charge in [-0.25, -0.2) is 0 Å². The van der Waals surface area contributed by atoms with Crippen LogP contribution in [0.15, 0.2) is 30.3 Å². The lowest BCUT2D eigenvalue weighted by Gasteiger charge is -2.08. The van der Waals surface area contributed by atoms with Gasteiger partial charge >= 0.3 is 5.97 Å². The molecule has 1 amide bonds. The summed E-state index contributed by atoms with van der Waals surface area (Å²) in [4.78, 5) is 36.2. The van der Waals surface area contributed by atoms with Crippen LogP contribution in [-0.2, 0) is 14.3 Å². The minimum Gasteiger partial charge on any atom is -0.457 e. The number of esters is 1. The molecule has 1 aromatic carbocycles. The Morgan fingerprint density at radius 2 is 1.79 bits per heavy atom. The van der Waals surface area contributed by atoms with Crippen LogP contribution in [0.3, 0.4) is 0 Å². The van der Waals surface area contributed by atoms with Crippen LogP contribution >= 0.6 is 11.8 Å². The van der Waals surface area contributed by atoms with E-state index in [0.717, 1.165) is 47.2 Å². The molecule has 6 nitrogen and oxygen atoms in total. The number of Topliss-reactive ketones (excluding diaryl/α,β-unsaturated/α-hetero) is 1. The van der Waals surface area contributed by atoms with Gasteiger partial charge in [-0.15, -0.1) is 11.8 Å². The molecule has 0 atom stereocenters. The molecule has 2 aromatic rings. The van der Waals surface area contributed by atoms with Crippen LogP contribution in [0, 0.1) is 20.8 Å². The highest BCUT2D eigenvalue weighted by Gasteiger charge is 2.28. The number of amides is 1. The summed E-state index contributed by atoms with van der Waals surface area (Å²) in [5.41, 5.74) is 4.46. The standard InChI is InChI=1S/C22H26N2O4S/c1-14-4-6-17(7-5-14)23-21(26)12-29-13-22(27)28-11-20(25)19-10-15(2)24(16(19)3)18-8-9-18/h4-7,10,18H,8-9,11-13H2,1-3H3,(H,23,26). The zero-order chi connectivity index (χ0) is 21.0. The van der Waals surface area contributed by atoms with Crippen LogP contribution < -0.4 is 5.32 Å². The molecule has 154 valence electrons. The van der Waals surface area contributed by atoms with E-state index in [-0.39, 0.29) is 29.8 Å². The summed E-state index contributed by atoms with van der Waals surface area (Å²) in [6, 6.07) is 9.86. The van der Waals surface area contributed by atoms with Crippen molar-refractivity contribution in [1.82, 2.24) is 4.57 Å². The third kappa shape index (κ3) is 5.73. The first kappa shape index (κ1) is 21.2. The average Bonchev–Trinajstić information content (AvgIpc) is 3.46. The molecular formula is C22H26N2O4S. The van der Waals surface area contributed by atoms with Crippen LogP contribution in [0.2, 0.25) is 0 Å². The van der Waals surface area contributed by atoms with Gasteiger partial charge in [0.15, 0.2) is 6.61 Å². The smallest absolute Gasteiger partial charge is 0.316 e. The predicted octanol–water partition coefficient (Wildman–Crippen LogP) is 3.85. The van der Waals surface area contributed by atoms with Crippen molar-refractivity contribution in [3.8, 4) is 0 Å². The Hall–Kier alpha value is -2.54. The highest BCUT2D eigenvalue weighted by atomic mass is 32.2. The number of carbonyl (C=O) groups excluding carboxylic acids is 3. The molecule has 0 unspecified atom stereocenters. The summed E-state index contributed by atoms with van der Waals surface area (Å²) in [5, 5.41) is 2.77. The summed E-state index contributed by atoms with van der Waals surface area (Å²) < 4.78 is 7.29. The molecular weight excluding hydrogens is 388 g/mol. The van der Waals surface area contributed by atoms with E-state index in [9.17, 15) is 14.4 Å². The fourth-order valence-electron chi connectivity index (χ4n) is 3.28. The topological polar surface area (TPSA) is 77.4 Å². The number of ketones is 1. The van der Waals surface area contributed by atoms with Crippen molar-refractivity contribution >= 4 is 35.1 Å². The van der Waals surface area contributed by atoms with Crippen LogP contribution in [0.25, 0.3) is 0 Å². The number of nitrogens with zero attached hydrogens (tertiary/aromatic N) is 1. The van der Waals surface area contributed by atoms with Gasteiger partial charge in [-0.3, -0.25) is 14.4 Å². The summed E-state index contributed by atoms with van der Waals surface area (Å²) in [6.45, 7) is 5.63. The molecule has 1 heterocycles. The second-order valence-corrected chi connectivity index (χ2v) is 8.36. The fourth-order valence-corrected chi connectivity index (χ4v) is 3.89. The molecule has 0 aliphatic heterocycles. The lowest BCUT2D eigenvalue weighted by molar-refractivity contribution is -0.139. The highest BCUT2D eigenvalue weighted by Crippen LogP contribution is 2.38. The van der Waals surface area contributed by atoms with E-state index in [1.165, 1.54) is 0 Å². The number of hydrogen-bond acceptors (Lipinski definition) is 5. The minimum absolute atomic E-state index is 0.0235. The van der Waals surface area contributed by atoms with Gasteiger partial charge in [0, 0.05) is 28.7 Å². The largest absolute Gasteiger partial charge is 0.457 e. The van der Waals surface area contributed by atoms with E-state index in [0.29, 0.717) is 11.6 Å². The Morgan fingerprint density at radius 3 is 2.45 bits per heavy atom. The molecule has 0 saturated heterocycles. The van der Waals surface area contributed by atoms with Crippen molar-refractivity contribution in [3.63, 3.8) is 0 Å². The van der Waals surface area contributed by atoms with Gasteiger partial charge in [-0.2, -0.15) is 0 Å². The molecule has 1 aromatic heterocycles. The monoisotopic (exact) mass is 414 g/mol. The van der Waals surface area contributed by atoms with Crippen LogP contribution in [-0.4, -0.2) is 40.3 Å². The summed E-state index contributed by atoms with van der Waals surface area (Å²) in [5.74, 6) is -0.715. The van der Waals surface area contributed by atoms with Crippen LogP contribution in [0.4, 0.5) is 5.69 Å². The van der Waals surface area contributed by atoms with Crippen LogP contribution in [0.5, 0.6) is 0 Å². The highest BCUT2D eigenvalue weighted by molar-refractivity contribution is 8.00. The van der Waals surface area contributed by atoms with Crippen molar-refractivity contribution in [1.29, 1.82) is 0 Å². The van der Waals surface area contributed by atoms with E-state index in [2.05, 4.69) is 9.88 Å². The van der Waals surface area contributed by atoms with Crippen molar-refractivity contribution in [2.45, 2.75) is 39.7 Å². The molecule has 0 bridgehead atoms. The first-order valence-electron chi connectivity index (χ1n) is 9.66. The third-order valence-corrected chi connectivity index (χ3v) is 5.76. The zero-order valence-electron chi connectivity index (χ0n) is 17.0. The van der Waals surface area contributed by atoms with Gasteiger partial charge < -0.3 is 14.6 Å². The first-order chi connectivity index (χ1) is 13.8.